The van der Waals surface area contributed by atoms with Crippen LogP contribution in [0.15, 0.2) is 0 Å². The van der Waals surface area contributed by atoms with Crippen molar-refractivity contribution in [3.63, 3.8) is 0 Å². The molecule has 1 aliphatic rings. The molecule has 13 heavy (non-hydrogen) atoms. The van der Waals surface area contributed by atoms with Gasteiger partial charge in [0.25, 0.3) is 0 Å². The fourth-order valence-electron chi connectivity index (χ4n) is 1.74. The van der Waals surface area contributed by atoms with Gasteiger partial charge in [0.1, 0.15) is 12.2 Å². The first-order valence-corrected chi connectivity index (χ1v) is 5.12. The highest BCUT2D eigenvalue weighted by Gasteiger charge is 2.39. The number of rotatable bonds is 4. The normalized spacial score (nSPS) is 36.5. The van der Waals surface area contributed by atoms with E-state index >= 15 is 0 Å². The third-order valence-corrected chi connectivity index (χ3v) is 2.73. The zero-order chi connectivity index (χ0) is 9.84. The Morgan fingerprint density at radius 3 is 2.77 bits per heavy atom. The second-order valence-electron chi connectivity index (χ2n) is 3.67. The van der Waals surface area contributed by atoms with Crippen molar-refractivity contribution in [3.05, 3.63) is 0 Å². The number of aliphatic hydroxyl groups excluding tert-OH is 1. The summed E-state index contributed by atoms with van der Waals surface area (Å²) in [6, 6.07) is 0. The Hall–Kier alpha value is -0.120. The second kappa shape index (κ2) is 4.94. The van der Waals surface area contributed by atoms with Crippen LogP contribution in [0.4, 0.5) is 0 Å². The van der Waals surface area contributed by atoms with Crippen LogP contribution in [-0.2, 0) is 9.47 Å². The first-order chi connectivity index (χ1) is 6.20. The van der Waals surface area contributed by atoms with E-state index < -0.39 is 6.10 Å². The van der Waals surface area contributed by atoms with E-state index in [9.17, 15) is 5.11 Å². The highest BCUT2D eigenvalue weighted by Crippen LogP contribution is 2.25. The van der Waals surface area contributed by atoms with Crippen LogP contribution in [0.5, 0.6) is 0 Å². The molecule has 1 fully saturated rings. The van der Waals surface area contributed by atoms with Gasteiger partial charge in [-0.1, -0.05) is 20.3 Å². The Bertz CT molecular complexity index is 147. The first kappa shape index (κ1) is 11.0. The topological polar surface area (TPSA) is 38.7 Å². The molecule has 0 aromatic rings. The fraction of sp³-hybridized carbons (Fsp3) is 1.00. The third kappa shape index (κ3) is 2.42. The van der Waals surface area contributed by atoms with Crippen molar-refractivity contribution < 1.29 is 14.6 Å². The molecule has 0 spiro atoms. The summed E-state index contributed by atoms with van der Waals surface area (Å²) in [7, 11) is 0. The van der Waals surface area contributed by atoms with E-state index in [2.05, 4.69) is 13.8 Å². The second-order valence-corrected chi connectivity index (χ2v) is 3.67. The lowest BCUT2D eigenvalue weighted by molar-refractivity contribution is -0.0498. The smallest absolute Gasteiger partial charge is 0.112 e. The predicted octanol–water partition coefficient (Wildman–Crippen LogP) is 1.20. The number of hydrogen-bond acceptors (Lipinski definition) is 3. The molecule has 3 heteroatoms. The van der Waals surface area contributed by atoms with E-state index in [1.54, 1.807) is 0 Å². The minimum atomic E-state index is -0.445. The van der Waals surface area contributed by atoms with Crippen LogP contribution < -0.4 is 0 Å². The lowest BCUT2D eigenvalue weighted by Gasteiger charge is -2.24. The van der Waals surface area contributed by atoms with Crippen molar-refractivity contribution in [1.29, 1.82) is 0 Å². The summed E-state index contributed by atoms with van der Waals surface area (Å²) in [5.74, 6) is 0.452. The van der Waals surface area contributed by atoms with Gasteiger partial charge >= 0.3 is 0 Å². The molecule has 0 saturated carbocycles. The molecular formula is C10H20O3. The van der Waals surface area contributed by atoms with Crippen molar-refractivity contribution in [3.8, 4) is 0 Å². The van der Waals surface area contributed by atoms with Crippen LogP contribution >= 0.6 is 0 Å². The molecule has 1 rings (SSSR count). The maximum absolute atomic E-state index is 9.58. The lowest BCUT2D eigenvalue weighted by Crippen LogP contribution is -2.36. The van der Waals surface area contributed by atoms with E-state index in [1.165, 1.54) is 0 Å². The van der Waals surface area contributed by atoms with E-state index in [0.717, 1.165) is 6.42 Å². The van der Waals surface area contributed by atoms with Crippen molar-refractivity contribution in [2.75, 3.05) is 13.2 Å². The van der Waals surface area contributed by atoms with Crippen LogP contribution in [0.3, 0.4) is 0 Å². The highest BCUT2D eigenvalue weighted by atomic mass is 16.6. The average Bonchev–Trinajstić information content (AvgIpc) is 2.48. The Balaban J connectivity index is 2.52. The minimum Gasteiger partial charge on any atom is -0.388 e. The summed E-state index contributed by atoms with van der Waals surface area (Å²) in [5.41, 5.74) is 0. The van der Waals surface area contributed by atoms with Gasteiger partial charge < -0.3 is 14.6 Å². The van der Waals surface area contributed by atoms with Crippen LogP contribution in [0, 0.1) is 5.92 Å². The molecule has 4 unspecified atom stereocenters. The van der Waals surface area contributed by atoms with Gasteiger partial charge in [-0.15, -0.1) is 0 Å². The van der Waals surface area contributed by atoms with Crippen LogP contribution in [0.25, 0.3) is 0 Å². The van der Waals surface area contributed by atoms with Gasteiger partial charge in [-0.05, 0) is 12.8 Å². The van der Waals surface area contributed by atoms with Crippen molar-refractivity contribution >= 4 is 0 Å². The largest absolute Gasteiger partial charge is 0.388 e. The molecule has 0 aromatic carbocycles. The van der Waals surface area contributed by atoms with Crippen LogP contribution in [0.1, 0.15) is 27.2 Å². The molecule has 1 saturated heterocycles. The Morgan fingerprint density at radius 1 is 1.54 bits per heavy atom. The molecule has 0 bridgehead atoms. The van der Waals surface area contributed by atoms with E-state index in [0.29, 0.717) is 19.1 Å². The highest BCUT2D eigenvalue weighted by molar-refractivity contribution is 4.87. The zero-order valence-electron chi connectivity index (χ0n) is 8.69. The standard InChI is InChI=1S/C10H20O3/c1-4-7(3)9-10(12-5-2)8(11)6-13-9/h7-11H,4-6H2,1-3H3. The molecule has 3 nitrogen and oxygen atoms in total. The summed E-state index contributed by atoms with van der Waals surface area (Å²) in [6.45, 7) is 7.26. The quantitative estimate of drug-likeness (QED) is 0.720. The van der Waals surface area contributed by atoms with E-state index in [-0.39, 0.29) is 12.2 Å². The SMILES string of the molecule is CCOC1C(O)COC1C(C)CC. The lowest BCUT2D eigenvalue weighted by atomic mass is 9.96. The molecule has 0 amide bonds. The molecule has 0 radical (unpaired) electrons. The molecule has 0 aromatic heterocycles. The minimum absolute atomic E-state index is 0.0694. The van der Waals surface area contributed by atoms with Crippen molar-refractivity contribution in [2.24, 2.45) is 5.92 Å². The summed E-state index contributed by atoms with van der Waals surface area (Å²) < 4.78 is 11.0. The van der Waals surface area contributed by atoms with E-state index in [4.69, 9.17) is 9.47 Å². The molecule has 1 aliphatic heterocycles. The molecule has 4 atom stereocenters. The van der Waals surface area contributed by atoms with Gasteiger partial charge in [-0.3, -0.25) is 0 Å². The number of aliphatic hydroxyl groups is 1. The van der Waals surface area contributed by atoms with Gasteiger partial charge in [0.2, 0.25) is 0 Å². The number of hydrogen-bond donors (Lipinski definition) is 1. The predicted molar refractivity (Wildman–Crippen MR) is 50.6 cm³/mol. The summed E-state index contributed by atoms with van der Waals surface area (Å²) in [5, 5.41) is 9.58. The maximum Gasteiger partial charge on any atom is 0.112 e. The Labute approximate surface area is 80.0 Å². The van der Waals surface area contributed by atoms with Crippen LogP contribution in [-0.4, -0.2) is 36.6 Å². The molecule has 1 heterocycles. The van der Waals surface area contributed by atoms with Crippen LogP contribution in [0.2, 0.25) is 0 Å². The Morgan fingerprint density at radius 2 is 2.23 bits per heavy atom. The zero-order valence-corrected chi connectivity index (χ0v) is 8.69. The average molecular weight is 188 g/mol. The number of ether oxygens (including phenoxy) is 2. The van der Waals surface area contributed by atoms with Crippen molar-refractivity contribution in [2.45, 2.75) is 45.5 Å². The molecule has 78 valence electrons. The Kier molecular flexibility index (Phi) is 4.16. The van der Waals surface area contributed by atoms with Crippen molar-refractivity contribution in [1.82, 2.24) is 0 Å². The fourth-order valence-corrected chi connectivity index (χ4v) is 1.74. The van der Waals surface area contributed by atoms with Gasteiger partial charge in [-0.25, -0.2) is 0 Å². The van der Waals surface area contributed by atoms with Gasteiger partial charge in [0, 0.05) is 6.61 Å². The summed E-state index contributed by atoms with van der Waals surface area (Å²) >= 11 is 0. The molecular weight excluding hydrogens is 168 g/mol. The van der Waals surface area contributed by atoms with E-state index in [1.807, 2.05) is 6.92 Å². The maximum atomic E-state index is 9.58. The van der Waals surface area contributed by atoms with Gasteiger partial charge in [0.05, 0.1) is 12.7 Å². The first-order valence-electron chi connectivity index (χ1n) is 5.12. The molecule has 0 aliphatic carbocycles. The van der Waals surface area contributed by atoms with Gasteiger partial charge in [-0.2, -0.15) is 0 Å². The summed E-state index contributed by atoms with van der Waals surface area (Å²) in [4.78, 5) is 0. The third-order valence-electron chi connectivity index (χ3n) is 2.73. The summed E-state index contributed by atoms with van der Waals surface area (Å²) in [6.07, 6.45) is 0.555. The molecule has 1 N–H and O–H groups in total. The van der Waals surface area contributed by atoms with Gasteiger partial charge in [0.15, 0.2) is 0 Å². The monoisotopic (exact) mass is 188 g/mol.